The second-order valence-electron chi connectivity index (χ2n) is 4.44. The summed E-state index contributed by atoms with van der Waals surface area (Å²) in [6, 6.07) is 0. The van der Waals surface area contributed by atoms with E-state index >= 15 is 0 Å². The third-order valence-electron chi connectivity index (χ3n) is 3.15. The largest absolute Gasteiger partial charge is 0.394 e. The van der Waals surface area contributed by atoms with Gasteiger partial charge in [-0.2, -0.15) is 4.98 Å². The first-order valence-electron chi connectivity index (χ1n) is 5.78. The molecule has 3 heterocycles. The zero-order valence-corrected chi connectivity index (χ0v) is 9.91. The molecular weight excluding hydrogens is 254 g/mol. The molecule has 1 aliphatic rings. The van der Waals surface area contributed by atoms with Crippen LogP contribution in [0.3, 0.4) is 0 Å². The van der Waals surface area contributed by atoms with E-state index in [0.29, 0.717) is 6.42 Å². The van der Waals surface area contributed by atoms with E-state index in [1.807, 2.05) is 0 Å². The Morgan fingerprint density at radius 2 is 2.47 bits per heavy atom. The van der Waals surface area contributed by atoms with Crippen LogP contribution in [0.2, 0.25) is 0 Å². The van der Waals surface area contributed by atoms with Crippen LogP contribution < -0.4 is 11.3 Å². The molecule has 0 amide bonds. The average molecular weight is 267 g/mol. The second kappa shape index (κ2) is 4.02. The lowest BCUT2D eigenvalue weighted by molar-refractivity contribution is -0.253. The topological polar surface area (TPSA) is 139 Å². The van der Waals surface area contributed by atoms with Crippen LogP contribution in [0.4, 0.5) is 5.95 Å². The molecule has 0 aromatic carbocycles. The minimum Gasteiger partial charge on any atom is -0.394 e. The van der Waals surface area contributed by atoms with Crippen molar-refractivity contribution in [2.24, 2.45) is 0 Å². The number of hydrogen-bond acceptors (Lipinski definition) is 7. The highest BCUT2D eigenvalue weighted by Gasteiger charge is 2.41. The van der Waals surface area contributed by atoms with Gasteiger partial charge in [-0.25, -0.2) is 4.98 Å². The van der Waals surface area contributed by atoms with Gasteiger partial charge in [0.2, 0.25) is 5.95 Å². The molecule has 9 heteroatoms. The minimum atomic E-state index is -1.67. The number of aromatic nitrogens is 4. The van der Waals surface area contributed by atoms with Gasteiger partial charge >= 0.3 is 0 Å². The number of ether oxygens (including phenoxy) is 1. The minimum absolute atomic E-state index is 0.0682. The zero-order chi connectivity index (χ0) is 13.6. The van der Waals surface area contributed by atoms with Crippen LogP contribution >= 0.6 is 0 Å². The number of rotatable bonds is 2. The summed E-state index contributed by atoms with van der Waals surface area (Å²) < 4.78 is 6.62. The molecule has 102 valence electrons. The van der Waals surface area contributed by atoms with Gasteiger partial charge < -0.3 is 20.7 Å². The molecule has 19 heavy (non-hydrogen) atoms. The van der Waals surface area contributed by atoms with Crippen LogP contribution in [0.1, 0.15) is 12.8 Å². The van der Waals surface area contributed by atoms with Gasteiger partial charge in [0, 0.05) is 6.42 Å². The zero-order valence-electron chi connectivity index (χ0n) is 9.91. The van der Waals surface area contributed by atoms with Gasteiger partial charge in [-0.15, -0.1) is 0 Å². The number of nitrogens with one attached hydrogen (secondary N) is 1. The summed E-state index contributed by atoms with van der Waals surface area (Å²) in [6.45, 7) is -0.189. The van der Waals surface area contributed by atoms with Crippen LogP contribution in [-0.2, 0) is 10.6 Å². The van der Waals surface area contributed by atoms with Crippen LogP contribution in [-0.4, -0.2) is 42.4 Å². The van der Waals surface area contributed by atoms with Crippen molar-refractivity contribution < 1.29 is 14.9 Å². The van der Waals surface area contributed by atoms with E-state index in [1.165, 1.54) is 10.9 Å². The lowest BCUT2D eigenvalue weighted by Gasteiger charge is -2.24. The number of nitrogen functional groups attached to an aromatic ring is 1. The monoisotopic (exact) mass is 267 g/mol. The summed E-state index contributed by atoms with van der Waals surface area (Å²) in [4.78, 5) is 21.8. The van der Waals surface area contributed by atoms with E-state index in [0.717, 1.165) is 0 Å². The highest BCUT2D eigenvalue weighted by molar-refractivity contribution is 5.70. The molecule has 2 aromatic heterocycles. The van der Waals surface area contributed by atoms with E-state index in [2.05, 4.69) is 15.0 Å². The predicted octanol–water partition coefficient (Wildman–Crippen LogP) is -1.52. The number of fused-ring (bicyclic) bond motifs is 1. The second-order valence-corrected chi connectivity index (χ2v) is 4.44. The lowest BCUT2D eigenvalue weighted by atomic mass is 10.2. The van der Waals surface area contributed by atoms with Gasteiger partial charge in [0.05, 0.1) is 12.7 Å². The molecule has 0 saturated carbocycles. The van der Waals surface area contributed by atoms with Gasteiger partial charge in [-0.3, -0.25) is 14.3 Å². The van der Waals surface area contributed by atoms with E-state index < -0.39 is 17.6 Å². The van der Waals surface area contributed by atoms with Crippen molar-refractivity contribution in [2.45, 2.75) is 24.9 Å². The molecule has 3 rings (SSSR count). The van der Waals surface area contributed by atoms with Crippen molar-refractivity contribution in [1.82, 2.24) is 19.5 Å². The molecule has 0 aliphatic carbocycles. The standard InChI is InChI=1S/C10H13N5O4/c11-9-13-7-6(8(17)14-9)12-4-15(7)10(18)2-1-5(3-16)19-10/h4-5,16,18H,1-3H2,(H3,11,13,14,17)/t5-,10?/m0/s1. The van der Waals surface area contributed by atoms with E-state index in [1.54, 1.807) is 0 Å². The van der Waals surface area contributed by atoms with E-state index in [9.17, 15) is 9.90 Å². The summed E-state index contributed by atoms with van der Waals surface area (Å²) in [5, 5.41) is 19.5. The fourth-order valence-corrected chi connectivity index (χ4v) is 2.22. The Balaban J connectivity index is 2.14. The smallest absolute Gasteiger partial charge is 0.280 e. The van der Waals surface area contributed by atoms with Crippen LogP contribution in [0, 0.1) is 0 Å². The third kappa shape index (κ3) is 1.79. The number of aliphatic hydroxyl groups excluding tert-OH is 1. The van der Waals surface area contributed by atoms with E-state index in [-0.39, 0.29) is 30.1 Å². The molecule has 9 nitrogen and oxygen atoms in total. The van der Waals surface area contributed by atoms with Crippen LogP contribution in [0.5, 0.6) is 0 Å². The maximum absolute atomic E-state index is 11.6. The molecule has 1 saturated heterocycles. The Morgan fingerprint density at radius 1 is 1.68 bits per heavy atom. The van der Waals surface area contributed by atoms with Crippen molar-refractivity contribution in [3.05, 3.63) is 16.7 Å². The number of hydrogen-bond donors (Lipinski definition) is 4. The molecule has 2 aromatic rings. The molecule has 1 unspecified atom stereocenters. The van der Waals surface area contributed by atoms with Crippen molar-refractivity contribution in [1.29, 1.82) is 0 Å². The Kier molecular flexibility index (Phi) is 2.55. The Bertz CT molecular complexity index is 680. The van der Waals surface area contributed by atoms with Crippen LogP contribution in [0.15, 0.2) is 11.1 Å². The first-order valence-corrected chi connectivity index (χ1v) is 5.78. The van der Waals surface area contributed by atoms with Gasteiger partial charge in [-0.05, 0) is 6.42 Å². The Morgan fingerprint density at radius 3 is 3.16 bits per heavy atom. The van der Waals surface area contributed by atoms with E-state index in [4.69, 9.17) is 15.6 Å². The number of aliphatic hydroxyl groups is 2. The molecule has 1 fully saturated rings. The normalized spacial score (nSPS) is 27.2. The summed E-state index contributed by atoms with van der Waals surface area (Å²) in [5.74, 6) is -1.74. The van der Waals surface area contributed by atoms with Gasteiger partial charge in [0.25, 0.3) is 11.5 Å². The number of nitrogens with zero attached hydrogens (tertiary/aromatic N) is 3. The maximum atomic E-state index is 11.6. The summed E-state index contributed by atoms with van der Waals surface area (Å²) in [7, 11) is 0. The number of anilines is 1. The first-order chi connectivity index (χ1) is 9.03. The number of H-pyrrole nitrogens is 1. The highest BCUT2D eigenvalue weighted by atomic mass is 16.7. The Labute approximate surface area is 106 Å². The molecule has 2 atom stereocenters. The molecule has 0 bridgehead atoms. The SMILES string of the molecule is Nc1nc2c(ncn2C2(O)CC[C@@H](CO)O2)c(=O)[nH]1. The van der Waals surface area contributed by atoms with Gasteiger partial charge in [0.1, 0.15) is 6.33 Å². The average Bonchev–Trinajstić information content (AvgIpc) is 2.93. The van der Waals surface area contributed by atoms with Crippen molar-refractivity contribution in [2.75, 3.05) is 12.3 Å². The van der Waals surface area contributed by atoms with Crippen molar-refractivity contribution in [3.8, 4) is 0 Å². The van der Waals surface area contributed by atoms with Gasteiger partial charge in [0.15, 0.2) is 11.2 Å². The first kappa shape index (κ1) is 12.1. The third-order valence-corrected chi connectivity index (χ3v) is 3.15. The quantitative estimate of drug-likeness (QED) is 0.517. The number of aromatic amines is 1. The molecule has 0 spiro atoms. The van der Waals surface area contributed by atoms with Crippen molar-refractivity contribution in [3.63, 3.8) is 0 Å². The maximum Gasteiger partial charge on any atom is 0.280 e. The lowest BCUT2D eigenvalue weighted by Crippen LogP contribution is -2.34. The summed E-state index contributed by atoms with van der Waals surface area (Å²) >= 11 is 0. The number of nitrogens with two attached hydrogens (primary N) is 1. The number of imidazole rings is 1. The summed E-state index contributed by atoms with van der Waals surface area (Å²) in [6.07, 6.45) is 1.57. The fourth-order valence-electron chi connectivity index (χ4n) is 2.22. The highest BCUT2D eigenvalue weighted by Crippen LogP contribution is 2.33. The van der Waals surface area contributed by atoms with Crippen molar-refractivity contribution >= 4 is 17.1 Å². The Hall–Kier alpha value is -1.97. The molecular formula is C10H13N5O4. The molecule has 5 N–H and O–H groups in total. The molecule has 1 aliphatic heterocycles. The van der Waals surface area contributed by atoms with Crippen LogP contribution in [0.25, 0.3) is 11.2 Å². The predicted molar refractivity (Wildman–Crippen MR) is 63.9 cm³/mol. The fraction of sp³-hybridized carbons (Fsp3) is 0.500. The summed E-state index contributed by atoms with van der Waals surface area (Å²) in [5.41, 5.74) is 5.20. The molecule has 0 radical (unpaired) electrons. The van der Waals surface area contributed by atoms with Gasteiger partial charge in [-0.1, -0.05) is 0 Å².